The van der Waals surface area contributed by atoms with Crippen LogP contribution in [-0.4, -0.2) is 142 Å². The molecule has 0 aliphatic carbocycles. The Labute approximate surface area is 444 Å². The summed E-state index contributed by atoms with van der Waals surface area (Å²) in [6.07, 6.45) is 34.5. The summed E-state index contributed by atoms with van der Waals surface area (Å²) in [5.41, 5.74) is 0. The van der Waals surface area contributed by atoms with Crippen molar-refractivity contribution in [1.82, 2.24) is 0 Å². The summed E-state index contributed by atoms with van der Waals surface area (Å²) < 4.78 is 34.5. The molecule has 0 aromatic carbocycles. The number of aliphatic hydroxyl groups excluding tert-OH is 7. The van der Waals surface area contributed by atoms with Gasteiger partial charge in [-0.3, -0.25) is 4.79 Å². The van der Waals surface area contributed by atoms with Crippen molar-refractivity contribution in [2.24, 2.45) is 0 Å². The van der Waals surface area contributed by atoms with E-state index in [4.69, 9.17) is 28.4 Å². The van der Waals surface area contributed by atoms with E-state index in [1.807, 2.05) is 0 Å². The first-order chi connectivity index (χ1) is 35.6. The van der Waals surface area contributed by atoms with Crippen molar-refractivity contribution >= 4 is 5.97 Å². The quantitative estimate of drug-likeness (QED) is 0.0223. The first-order valence-electron chi connectivity index (χ1n) is 30.6. The SMILES string of the molecule is CCCCCCCCCCCCCCCCCCCCCCC(=O)OC(COCCCCCCCCCCCCCCCCCCCCC)COC1OC(COC2OC(CO)C(O)C(O)C2O)C(O)C(O)C1O. The predicted octanol–water partition coefficient (Wildman–Crippen LogP) is 11.2. The van der Waals surface area contributed by atoms with Crippen LogP contribution in [0.1, 0.15) is 271 Å². The Bertz CT molecular complexity index is 1210. The Balaban J connectivity index is 1.69. The molecule has 0 saturated carbocycles. The van der Waals surface area contributed by atoms with E-state index in [0.29, 0.717) is 6.61 Å². The predicted molar refractivity (Wildman–Crippen MR) is 289 cm³/mol. The van der Waals surface area contributed by atoms with Gasteiger partial charge < -0.3 is 64.2 Å². The van der Waals surface area contributed by atoms with Gasteiger partial charge in [-0.1, -0.05) is 251 Å². The van der Waals surface area contributed by atoms with Crippen LogP contribution < -0.4 is 0 Å². The van der Waals surface area contributed by atoms with Crippen molar-refractivity contribution < 1.29 is 69.0 Å². The van der Waals surface area contributed by atoms with Crippen molar-refractivity contribution in [1.29, 1.82) is 0 Å². The lowest BCUT2D eigenvalue weighted by Crippen LogP contribution is -2.61. The molecule has 7 N–H and O–H groups in total. The van der Waals surface area contributed by atoms with Crippen LogP contribution >= 0.6 is 0 Å². The lowest BCUT2D eigenvalue weighted by molar-refractivity contribution is -0.332. The van der Waals surface area contributed by atoms with Gasteiger partial charge in [0.05, 0.1) is 26.4 Å². The molecule has 2 saturated heterocycles. The second-order valence-electron chi connectivity index (χ2n) is 21.9. The number of carbonyl (C=O) groups is 1. The average Bonchev–Trinajstić information content (AvgIpc) is 3.39. The van der Waals surface area contributed by atoms with Crippen LogP contribution in [-0.2, 0) is 33.2 Å². The third-order valence-corrected chi connectivity index (χ3v) is 15.1. The van der Waals surface area contributed by atoms with Crippen LogP contribution in [0.3, 0.4) is 0 Å². The molecule has 11 unspecified atom stereocenters. The van der Waals surface area contributed by atoms with Gasteiger partial charge in [0.1, 0.15) is 54.9 Å². The van der Waals surface area contributed by atoms with Gasteiger partial charge in [-0.05, 0) is 12.8 Å². The first-order valence-corrected chi connectivity index (χ1v) is 30.6. The number of rotatable bonds is 51. The molecule has 11 atom stereocenters. The molecule has 0 bridgehead atoms. The van der Waals surface area contributed by atoms with E-state index in [9.17, 15) is 40.5 Å². The maximum Gasteiger partial charge on any atom is 0.306 e. The van der Waals surface area contributed by atoms with Gasteiger partial charge in [-0.2, -0.15) is 0 Å². The highest BCUT2D eigenvalue weighted by Crippen LogP contribution is 2.27. The summed E-state index contributed by atoms with van der Waals surface area (Å²) in [5, 5.41) is 72.4. The van der Waals surface area contributed by atoms with Crippen molar-refractivity contribution in [2.75, 3.05) is 33.0 Å². The topological polar surface area (TPSA) is 214 Å². The lowest BCUT2D eigenvalue weighted by atomic mass is 9.98. The van der Waals surface area contributed by atoms with Crippen LogP contribution in [0.4, 0.5) is 0 Å². The van der Waals surface area contributed by atoms with E-state index in [1.165, 1.54) is 205 Å². The second-order valence-corrected chi connectivity index (χ2v) is 21.9. The standard InChI is InChI=1S/C59H114O14/c1-3-5-7-9-11-13-15-17-19-21-23-24-26-28-30-32-34-36-38-40-42-51(61)71-48(45-68-43-41-39-37-35-33-31-29-27-25-22-20-18-16-14-12-10-8-6-4-2)46-69-58-57(67)55(65)53(63)50(73-58)47-70-59-56(66)54(64)52(62)49(44-60)72-59/h48-50,52-60,62-67H,3-47H2,1-2H3. The average molecular weight is 1050 g/mol. The third kappa shape index (κ3) is 33.8. The zero-order valence-corrected chi connectivity index (χ0v) is 46.7. The van der Waals surface area contributed by atoms with Gasteiger partial charge in [0, 0.05) is 13.0 Å². The maximum absolute atomic E-state index is 13.1. The summed E-state index contributed by atoms with van der Waals surface area (Å²) in [6.45, 7) is 3.77. The Morgan fingerprint density at radius 3 is 1.11 bits per heavy atom. The molecule has 2 heterocycles. The molecule has 2 aliphatic heterocycles. The molecule has 0 spiro atoms. The second kappa shape index (κ2) is 47.0. The van der Waals surface area contributed by atoms with E-state index >= 15 is 0 Å². The number of unbranched alkanes of at least 4 members (excludes halogenated alkanes) is 37. The van der Waals surface area contributed by atoms with E-state index in [1.54, 1.807) is 0 Å². The zero-order chi connectivity index (χ0) is 53.0. The smallest absolute Gasteiger partial charge is 0.306 e. The Morgan fingerprint density at radius 2 is 0.726 bits per heavy atom. The van der Waals surface area contributed by atoms with Gasteiger partial charge in [0.25, 0.3) is 0 Å². The molecular formula is C59H114O14. The molecule has 14 nitrogen and oxygen atoms in total. The van der Waals surface area contributed by atoms with Crippen molar-refractivity contribution in [3.8, 4) is 0 Å². The normalized spacial score (nSPS) is 24.8. The minimum atomic E-state index is -1.70. The number of aliphatic hydroxyl groups is 7. The highest BCUT2D eigenvalue weighted by atomic mass is 16.7. The van der Waals surface area contributed by atoms with Crippen molar-refractivity contribution in [3.05, 3.63) is 0 Å². The van der Waals surface area contributed by atoms with Crippen molar-refractivity contribution in [3.63, 3.8) is 0 Å². The Kier molecular flexibility index (Phi) is 43.9. The van der Waals surface area contributed by atoms with Gasteiger partial charge in [-0.25, -0.2) is 0 Å². The van der Waals surface area contributed by atoms with Crippen LogP contribution in [0.15, 0.2) is 0 Å². The fourth-order valence-electron chi connectivity index (χ4n) is 10.2. The van der Waals surface area contributed by atoms with E-state index in [2.05, 4.69) is 13.8 Å². The number of hydrogen-bond acceptors (Lipinski definition) is 14. The van der Waals surface area contributed by atoms with Crippen LogP contribution in [0.25, 0.3) is 0 Å². The fourth-order valence-corrected chi connectivity index (χ4v) is 10.2. The van der Waals surface area contributed by atoms with Gasteiger partial charge in [0.15, 0.2) is 12.6 Å². The number of hydrogen-bond donors (Lipinski definition) is 7. The fraction of sp³-hybridized carbons (Fsp3) is 0.983. The molecule has 2 aliphatic rings. The van der Waals surface area contributed by atoms with E-state index in [0.717, 1.165) is 44.9 Å². The molecule has 0 aromatic rings. The van der Waals surface area contributed by atoms with Gasteiger partial charge in [0.2, 0.25) is 0 Å². The van der Waals surface area contributed by atoms with Gasteiger partial charge in [-0.15, -0.1) is 0 Å². The van der Waals surface area contributed by atoms with Crippen LogP contribution in [0.2, 0.25) is 0 Å². The zero-order valence-electron chi connectivity index (χ0n) is 46.7. The highest BCUT2D eigenvalue weighted by Gasteiger charge is 2.47. The van der Waals surface area contributed by atoms with Crippen LogP contribution in [0.5, 0.6) is 0 Å². The lowest BCUT2D eigenvalue weighted by Gasteiger charge is -2.42. The monoisotopic (exact) mass is 1050 g/mol. The maximum atomic E-state index is 13.1. The van der Waals surface area contributed by atoms with Crippen molar-refractivity contribution in [2.45, 2.75) is 338 Å². The summed E-state index contributed by atoms with van der Waals surface area (Å²) in [4.78, 5) is 13.1. The molecular weight excluding hydrogens is 933 g/mol. The van der Waals surface area contributed by atoms with Gasteiger partial charge >= 0.3 is 5.97 Å². The van der Waals surface area contributed by atoms with E-state index < -0.39 is 80.7 Å². The molecule has 73 heavy (non-hydrogen) atoms. The molecule has 0 aromatic heterocycles. The molecule has 0 amide bonds. The molecule has 2 fully saturated rings. The van der Waals surface area contributed by atoms with E-state index in [-0.39, 0.29) is 25.6 Å². The Morgan fingerprint density at radius 1 is 0.397 bits per heavy atom. The molecule has 0 radical (unpaired) electrons. The third-order valence-electron chi connectivity index (χ3n) is 15.1. The minimum Gasteiger partial charge on any atom is -0.457 e. The largest absolute Gasteiger partial charge is 0.457 e. The minimum absolute atomic E-state index is 0.0711. The summed E-state index contributed by atoms with van der Waals surface area (Å²) in [6, 6.07) is 0. The Hall–Kier alpha value is -1.01. The van der Waals surface area contributed by atoms with Crippen LogP contribution in [0, 0.1) is 0 Å². The summed E-state index contributed by atoms with van der Waals surface area (Å²) >= 11 is 0. The molecule has 2 rings (SSSR count). The molecule has 14 heteroatoms. The summed E-state index contributed by atoms with van der Waals surface area (Å²) in [7, 11) is 0. The molecule has 434 valence electrons. The first kappa shape index (κ1) is 68.1. The highest BCUT2D eigenvalue weighted by molar-refractivity contribution is 5.69. The number of esters is 1. The number of ether oxygens (including phenoxy) is 6. The summed E-state index contributed by atoms with van der Waals surface area (Å²) in [5.74, 6) is -0.366. The number of carbonyl (C=O) groups excluding carboxylic acids is 1.